The molecule has 0 aliphatic heterocycles. The van der Waals surface area contributed by atoms with Gasteiger partial charge in [0.05, 0.1) is 5.69 Å². The van der Waals surface area contributed by atoms with Crippen molar-refractivity contribution < 1.29 is 9.18 Å². The lowest BCUT2D eigenvalue weighted by molar-refractivity contribution is 0.0941. The molecular weight excluding hydrogens is 576 g/mol. The molecule has 0 fully saturated rings. The highest BCUT2D eigenvalue weighted by Gasteiger charge is 2.47. The van der Waals surface area contributed by atoms with Gasteiger partial charge in [-0.3, -0.25) is 4.79 Å². The largest absolute Gasteiger partial charge is 0.347 e. The highest BCUT2D eigenvalue weighted by Crippen LogP contribution is 2.58. The maximum absolute atomic E-state index is 14.2. The van der Waals surface area contributed by atoms with Gasteiger partial charge in [-0.15, -0.1) is 0 Å². The van der Waals surface area contributed by atoms with Crippen LogP contribution >= 0.6 is 7.26 Å². The van der Waals surface area contributed by atoms with E-state index in [2.05, 4.69) is 92.0 Å². The zero-order valence-corrected chi connectivity index (χ0v) is 26.4. The number of nitrogens with one attached hydrogen (secondary N) is 1. The van der Waals surface area contributed by atoms with E-state index in [4.69, 9.17) is 5.10 Å². The van der Waals surface area contributed by atoms with Crippen LogP contribution in [0.4, 0.5) is 4.39 Å². The molecule has 1 aromatic heterocycles. The van der Waals surface area contributed by atoms with E-state index in [1.165, 1.54) is 28.0 Å². The summed E-state index contributed by atoms with van der Waals surface area (Å²) in [5, 5.41) is 12.1. The second-order valence-electron chi connectivity index (χ2n) is 11.4. The van der Waals surface area contributed by atoms with Crippen molar-refractivity contribution in [3.8, 4) is 5.69 Å². The van der Waals surface area contributed by atoms with Crippen molar-refractivity contribution in [3.05, 3.63) is 174 Å². The minimum atomic E-state index is -2.31. The van der Waals surface area contributed by atoms with Crippen molar-refractivity contribution >= 4 is 29.1 Å². The molecule has 0 aliphatic rings. The monoisotopic (exact) mass is 612 g/mol. The molecular formula is C39H36FN3OP+. The maximum Gasteiger partial charge on any atom is 0.270 e. The average Bonchev–Trinajstić information content (AvgIpc) is 3.47. The van der Waals surface area contributed by atoms with Crippen LogP contribution in [0.1, 0.15) is 47.1 Å². The summed E-state index contributed by atoms with van der Waals surface area (Å²) in [5.74, 6) is -0.558. The molecule has 6 rings (SSSR count). The minimum Gasteiger partial charge on any atom is -0.347 e. The molecule has 1 N–H and O–H groups in total. The minimum absolute atomic E-state index is 0.00380. The van der Waals surface area contributed by atoms with E-state index in [1.54, 1.807) is 16.8 Å². The van der Waals surface area contributed by atoms with E-state index in [0.29, 0.717) is 24.1 Å². The Hall–Kier alpha value is -4.86. The zero-order chi connectivity index (χ0) is 31.2. The number of hydrogen-bond donors (Lipinski definition) is 1. The van der Waals surface area contributed by atoms with Gasteiger partial charge in [0.15, 0.2) is 0 Å². The van der Waals surface area contributed by atoms with Gasteiger partial charge in [-0.1, -0.05) is 98.8 Å². The van der Waals surface area contributed by atoms with Crippen molar-refractivity contribution in [1.29, 1.82) is 0 Å². The first kappa shape index (κ1) is 30.2. The van der Waals surface area contributed by atoms with Crippen molar-refractivity contribution in [2.24, 2.45) is 0 Å². The number of aromatic nitrogens is 2. The molecule has 5 aromatic carbocycles. The van der Waals surface area contributed by atoms with Gasteiger partial charge >= 0.3 is 0 Å². The molecule has 0 radical (unpaired) electrons. The molecule has 4 nitrogen and oxygen atoms in total. The van der Waals surface area contributed by atoms with Gasteiger partial charge < -0.3 is 5.32 Å². The Morgan fingerprint density at radius 2 is 1.18 bits per heavy atom. The van der Waals surface area contributed by atoms with Crippen molar-refractivity contribution in [2.75, 3.05) is 0 Å². The van der Waals surface area contributed by atoms with Crippen LogP contribution in [0.5, 0.6) is 0 Å². The molecule has 0 atom stereocenters. The van der Waals surface area contributed by atoms with Gasteiger partial charge in [0.25, 0.3) is 5.91 Å². The molecule has 1 heterocycles. The lowest BCUT2D eigenvalue weighted by Crippen LogP contribution is -2.33. The van der Waals surface area contributed by atoms with Gasteiger partial charge in [0.1, 0.15) is 46.5 Å². The summed E-state index contributed by atoms with van der Waals surface area (Å²) >= 11 is 0. The third-order valence-corrected chi connectivity index (χ3v) is 12.4. The number of benzene rings is 5. The van der Waals surface area contributed by atoms with Gasteiger partial charge in [-0.25, -0.2) is 9.07 Å². The van der Waals surface area contributed by atoms with E-state index >= 15 is 0 Å². The number of rotatable bonds is 10. The SMILES string of the molecule is CC(C)c1c(C[P+](c2ccccc2)(c2ccccc2)c2ccccc2)nn(-c2ccc(F)cc2)c1C(=O)NCc1ccccc1. The topological polar surface area (TPSA) is 46.9 Å². The van der Waals surface area contributed by atoms with Gasteiger partial charge in [-0.05, 0) is 72.1 Å². The maximum atomic E-state index is 14.2. The number of nitrogens with zero attached hydrogens (tertiary/aromatic N) is 2. The number of carbonyl (C=O) groups excluding carboxylic acids is 1. The Morgan fingerprint density at radius 1 is 0.711 bits per heavy atom. The van der Waals surface area contributed by atoms with Gasteiger partial charge in [0, 0.05) is 12.1 Å². The summed E-state index contributed by atoms with van der Waals surface area (Å²) in [5.41, 5.74) is 3.89. The molecule has 0 unspecified atom stereocenters. The molecule has 6 aromatic rings. The first-order valence-corrected chi connectivity index (χ1v) is 17.2. The second kappa shape index (κ2) is 13.4. The molecule has 0 saturated carbocycles. The molecule has 0 bridgehead atoms. The van der Waals surface area contributed by atoms with Gasteiger partial charge in [-0.2, -0.15) is 5.10 Å². The van der Waals surface area contributed by atoms with Crippen LogP contribution in [0, 0.1) is 5.82 Å². The zero-order valence-electron chi connectivity index (χ0n) is 25.5. The van der Waals surface area contributed by atoms with E-state index in [-0.39, 0.29) is 17.6 Å². The van der Waals surface area contributed by atoms with Crippen LogP contribution in [-0.2, 0) is 12.7 Å². The fourth-order valence-corrected chi connectivity index (χ4v) is 10.2. The summed E-state index contributed by atoms with van der Waals surface area (Å²) in [6.45, 7) is 4.60. The van der Waals surface area contributed by atoms with E-state index in [0.717, 1.165) is 16.8 Å². The van der Waals surface area contributed by atoms with E-state index < -0.39 is 7.26 Å². The Kier molecular flexibility index (Phi) is 9.00. The number of halogens is 1. The first-order valence-electron chi connectivity index (χ1n) is 15.2. The first-order chi connectivity index (χ1) is 22.0. The molecule has 45 heavy (non-hydrogen) atoms. The summed E-state index contributed by atoms with van der Waals surface area (Å²) in [6, 6.07) is 48.0. The van der Waals surface area contributed by atoms with E-state index in [9.17, 15) is 9.18 Å². The Labute approximate surface area is 264 Å². The predicted molar refractivity (Wildman–Crippen MR) is 184 cm³/mol. The fraction of sp³-hybridized carbons (Fsp3) is 0.128. The lowest BCUT2D eigenvalue weighted by Gasteiger charge is -2.27. The van der Waals surface area contributed by atoms with E-state index in [1.807, 2.05) is 48.5 Å². The van der Waals surface area contributed by atoms with Crippen molar-refractivity contribution in [3.63, 3.8) is 0 Å². The van der Waals surface area contributed by atoms with Crippen LogP contribution in [0.15, 0.2) is 146 Å². The third kappa shape index (κ3) is 6.22. The Morgan fingerprint density at radius 3 is 1.64 bits per heavy atom. The van der Waals surface area contributed by atoms with Gasteiger partial charge in [0.2, 0.25) is 0 Å². The van der Waals surface area contributed by atoms with Crippen molar-refractivity contribution in [2.45, 2.75) is 32.5 Å². The standard InChI is InChI=1S/C39H35FN3OP/c1-29(2)37-36(28-45(33-17-9-4-10-18-33,34-19-11-5-12-20-34)35-21-13-6-14-22-35)42-43(32-25-23-31(40)24-26-32)38(37)39(44)41-27-30-15-7-3-8-16-30/h3-26,29H,27-28H2,1-2H3/p+1. The highest BCUT2D eigenvalue weighted by molar-refractivity contribution is 7.95. The second-order valence-corrected chi connectivity index (χ2v) is 14.9. The van der Waals surface area contributed by atoms with Crippen LogP contribution < -0.4 is 21.2 Å². The third-order valence-electron chi connectivity index (χ3n) is 8.14. The Balaban J connectivity index is 1.57. The summed E-state index contributed by atoms with van der Waals surface area (Å²) in [4.78, 5) is 14.2. The lowest BCUT2D eigenvalue weighted by atomic mass is 10.00. The number of carbonyl (C=O) groups is 1. The van der Waals surface area contributed by atoms with Crippen LogP contribution in [0.3, 0.4) is 0 Å². The predicted octanol–water partition coefficient (Wildman–Crippen LogP) is 7.56. The highest BCUT2D eigenvalue weighted by atomic mass is 31.2. The normalized spacial score (nSPS) is 11.5. The smallest absolute Gasteiger partial charge is 0.270 e. The number of amides is 1. The molecule has 0 spiro atoms. The summed E-state index contributed by atoms with van der Waals surface area (Å²) < 4.78 is 15.8. The molecule has 224 valence electrons. The number of hydrogen-bond acceptors (Lipinski definition) is 2. The summed E-state index contributed by atoms with van der Waals surface area (Å²) in [6.07, 6.45) is 0.617. The molecule has 6 heteroatoms. The average molecular weight is 613 g/mol. The van der Waals surface area contributed by atoms with Crippen molar-refractivity contribution in [1.82, 2.24) is 15.1 Å². The summed E-state index contributed by atoms with van der Waals surface area (Å²) in [7, 11) is -2.31. The van der Waals surface area contributed by atoms with Crippen LogP contribution in [0.2, 0.25) is 0 Å². The molecule has 0 saturated heterocycles. The van der Waals surface area contributed by atoms with Crippen LogP contribution in [0.25, 0.3) is 5.69 Å². The fourth-order valence-electron chi connectivity index (χ4n) is 6.04. The van der Waals surface area contributed by atoms with Crippen LogP contribution in [-0.4, -0.2) is 15.7 Å². The molecule has 0 aliphatic carbocycles. The molecule has 1 amide bonds. The quantitative estimate of drug-likeness (QED) is 0.162. The Bertz CT molecular complexity index is 1760.